The highest BCUT2D eigenvalue weighted by Gasteiger charge is 2.55. The lowest BCUT2D eigenvalue weighted by molar-refractivity contribution is 0.391. The molecule has 2 heteroatoms. The monoisotopic (exact) mass is 201 g/mol. The van der Waals surface area contributed by atoms with Crippen molar-refractivity contribution >= 4 is 6.08 Å². The van der Waals surface area contributed by atoms with Crippen LogP contribution in [0.5, 0.6) is 0 Å². The Kier molecular flexibility index (Phi) is 2.24. The summed E-state index contributed by atoms with van der Waals surface area (Å²) in [7, 11) is 0. The second-order valence-corrected chi connectivity index (χ2v) is 4.71. The van der Waals surface area contributed by atoms with Gasteiger partial charge in [-0.15, -0.1) is 0 Å². The third-order valence-electron chi connectivity index (χ3n) is 3.57. The van der Waals surface area contributed by atoms with Crippen molar-refractivity contribution in [1.82, 2.24) is 0 Å². The molecule has 0 atom stereocenters. The van der Waals surface area contributed by atoms with E-state index in [1.165, 1.54) is 5.56 Å². The minimum absolute atomic E-state index is 0.0612. The zero-order valence-corrected chi connectivity index (χ0v) is 9.16. The summed E-state index contributed by atoms with van der Waals surface area (Å²) in [6, 6.07) is 10.3. The van der Waals surface area contributed by atoms with E-state index in [-0.39, 0.29) is 11.0 Å². The number of carbonyl (C=O) groups excluding carboxylic acids is 1. The highest BCUT2D eigenvalue weighted by atomic mass is 16.1. The molecular formula is C13H15NO. The summed E-state index contributed by atoms with van der Waals surface area (Å²) in [6.07, 6.45) is 3.91. The third kappa shape index (κ3) is 1.51. The largest absolute Gasteiger partial charge is 0.235 e. The highest BCUT2D eigenvalue weighted by Crippen LogP contribution is 2.56. The predicted octanol–water partition coefficient (Wildman–Crippen LogP) is 2.83. The molecule has 0 unspecified atom stereocenters. The van der Waals surface area contributed by atoms with Crippen LogP contribution in [-0.4, -0.2) is 11.6 Å². The van der Waals surface area contributed by atoms with Gasteiger partial charge in [-0.05, 0) is 32.3 Å². The standard InChI is InChI=1S/C13H15NO/c1-12(2,14-10-15)13(8-9-13)11-6-4-3-5-7-11/h3-7H,8-9H2,1-2H3. The SMILES string of the molecule is CC(C)(N=C=O)C1(c2ccccc2)CC1. The summed E-state index contributed by atoms with van der Waals surface area (Å²) >= 11 is 0. The lowest BCUT2D eigenvalue weighted by Crippen LogP contribution is -2.34. The molecule has 0 aromatic heterocycles. The quantitative estimate of drug-likeness (QED) is 0.546. The second kappa shape index (κ2) is 3.32. The van der Waals surface area contributed by atoms with Crippen molar-refractivity contribution in [2.75, 3.05) is 0 Å². The fraction of sp³-hybridized carbons (Fsp3) is 0.462. The first kappa shape index (κ1) is 10.1. The lowest BCUT2D eigenvalue weighted by atomic mass is 9.79. The Morgan fingerprint density at radius 3 is 2.33 bits per heavy atom. The Labute approximate surface area is 90.0 Å². The van der Waals surface area contributed by atoms with Crippen molar-refractivity contribution in [2.24, 2.45) is 4.99 Å². The molecule has 0 aliphatic heterocycles. The van der Waals surface area contributed by atoms with E-state index >= 15 is 0 Å². The summed E-state index contributed by atoms with van der Waals surface area (Å²) in [5, 5.41) is 0. The van der Waals surface area contributed by atoms with Crippen molar-refractivity contribution in [2.45, 2.75) is 37.6 Å². The van der Waals surface area contributed by atoms with Crippen LogP contribution in [0.2, 0.25) is 0 Å². The van der Waals surface area contributed by atoms with Crippen molar-refractivity contribution < 1.29 is 4.79 Å². The van der Waals surface area contributed by atoms with Gasteiger partial charge in [0.2, 0.25) is 6.08 Å². The first-order valence-electron chi connectivity index (χ1n) is 5.27. The van der Waals surface area contributed by atoms with Gasteiger partial charge in [0.05, 0.1) is 5.54 Å². The molecule has 0 saturated heterocycles. The maximum atomic E-state index is 10.4. The number of hydrogen-bond donors (Lipinski definition) is 0. The van der Waals surface area contributed by atoms with Crippen LogP contribution in [0, 0.1) is 0 Å². The molecular weight excluding hydrogens is 186 g/mol. The first-order chi connectivity index (χ1) is 7.12. The summed E-state index contributed by atoms with van der Waals surface area (Å²) < 4.78 is 0. The van der Waals surface area contributed by atoms with E-state index in [4.69, 9.17) is 0 Å². The van der Waals surface area contributed by atoms with Gasteiger partial charge in [-0.1, -0.05) is 30.3 Å². The molecule has 1 aromatic rings. The number of isocyanates is 1. The molecule has 1 aliphatic rings. The molecule has 1 aromatic carbocycles. The van der Waals surface area contributed by atoms with Gasteiger partial charge in [0.15, 0.2) is 0 Å². The molecule has 0 spiro atoms. The molecule has 0 bridgehead atoms. The van der Waals surface area contributed by atoms with Gasteiger partial charge in [-0.3, -0.25) is 0 Å². The summed E-state index contributed by atoms with van der Waals surface area (Å²) in [5.74, 6) is 0. The third-order valence-corrected chi connectivity index (χ3v) is 3.57. The first-order valence-corrected chi connectivity index (χ1v) is 5.27. The molecule has 78 valence electrons. The Hall–Kier alpha value is -1.40. The summed E-state index contributed by atoms with van der Waals surface area (Å²) in [5.41, 5.74) is 1.01. The van der Waals surface area contributed by atoms with E-state index in [9.17, 15) is 4.79 Å². The predicted molar refractivity (Wildman–Crippen MR) is 59.6 cm³/mol. The molecule has 0 heterocycles. The van der Waals surface area contributed by atoms with Gasteiger partial charge in [0.1, 0.15) is 0 Å². The molecule has 1 aliphatic carbocycles. The van der Waals surface area contributed by atoms with Gasteiger partial charge < -0.3 is 0 Å². The van der Waals surface area contributed by atoms with E-state index in [0.29, 0.717) is 0 Å². The minimum atomic E-state index is -0.337. The number of benzene rings is 1. The minimum Gasteiger partial charge on any atom is -0.211 e. The topological polar surface area (TPSA) is 29.4 Å². The molecule has 2 rings (SSSR count). The van der Waals surface area contributed by atoms with Crippen LogP contribution in [-0.2, 0) is 10.2 Å². The zero-order valence-electron chi connectivity index (χ0n) is 9.16. The molecule has 0 amide bonds. The summed E-state index contributed by atoms with van der Waals surface area (Å²) in [4.78, 5) is 14.4. The molecule has 2 nitrogen and oxygen atoms in total. The Balaban J connectivity index is 2.40. The normalized spacial score (nSPS) is 18.0. The van der Waals surface area contributed by atoms with Crippen LogP contribution in [0.3, 0.4) is 0 Å². The number of hydrogen-bond acceptors (Lipinski definition) is 2. The van der Waals surface area contributed by atoms with Crippen molar-refractivity contribution in [3.63, 3.8) is 0 Å². The fourth-order valence-electron chi connectivity index (χ4n) is 2.36. The summed E-state index contributed by atoms with van der Waals surface area (Å²) in [6.45, 7) is 4.02. The average molecular weight is 201 g/mol. The Morgan fingerprint density at radius 1 is 1.27 bits per heavy atom. The smallest absolute Gasteiger partial charge is 0.211 e. The Bertz CT molecular complexity index is 398. The molecule has 1 saturated carbocycles. The zero-order chi connectivity index (χ0) is 10.9. The number of aliphatic imine (C=N–C) groups is 1. The molecule has 1 fully saturated rings. The number of nitrogens with zero attached hydrogens (tertiary/aromatic N) is 1. The lowest BCUT2D eigenvalue weighted by Gasteiger charge is -2.29. The average Bonchev–Trinajstić information content (AvgIpc) is 3.00. The molecule has 15 heavy (non-hydrogen) atoms. The van der Waals surface area contributed by atoms with Crippen LogP contribution >= 0.6 is 0 Å². The van der Waals surface area contributed by atoms with Gasteiger partial charge in [-0.2, -0.15) is 4.99 Å². The Morgan fingerprint density at radius 2 is 1.87 bits per heavy atom. The highest BCUT2D eigenvalue weighted by molar-refractivity contribution is 5.41. The van der Waals surface area contributed by atoms with Crippen molar-refractivity contribution in [3.8, 4) is 0 Å². The van der Waals surface area contributed by atoms with Crippen LogP contribution in [0.25, 0.3) is 0 Å². The van der Waals surface area contributed by atoms with Crippen molar-refractivity contribution in [3.05, 3.63) is 35.9 Å². The fourth-order valence-corrected chi connectivity index (χ4v) is 2.36. The van der Waals surface area contributed by atoms with E-state index < -0.39 is 0 Å². The molecule has 0 N–H and O–H groups in total. The van der Waals surface area contributed by atoms with Gasteiger partial charge in [0, 0.05) is 5.41 Å². The van der Waals surface area contributed by atoms with E-state index in [0.717, 1.165) is 12.8 Å². The van der Waals surface area contributed by atoms with E-state index in [2.05, 4.69) is 17.1 Å². The van der Waals surface area contributed by atoms with Gasteiger partial charge in [-0.25, -0.2) is 4.79 Å². The van der Waals surface area contributed by atoms with Crippen molar-refractivity contribution in [1.29, 1.82) is 0 Å². The van der Waals surface area contributed by atoms with Crippen LogP contribution < -0.4 is 0 Å². The van der Waals surface area contributed by atoms with Crippen LogP contribution in [0.4, 0.5) is 0 Å². The van der Waals surface area contributed by atoms with E-state index in [1.807, 2.05) is 32.0 Å². The number of rotatable bonds is 3. The van der Waals surface area contributed by atoms with Crippen LogP contribution in [0.1, 0.15) is 32.3 Å². The van der Waals surface area contributed by atoms with Crippen LogP contribution in [0.15, 0.2) is 35.3 Å². The van der Waals surface area contributed by atoms with E-state index in [1.54, 1.807) is 6.08 Å². The maximum absolute atomic E-state index is 10.4. The van der Waals surface area contributed by atoms with Gasteiger partial charge >= 0.3 is 0 Å². The molecule has 0 radical (unpaired) electrons. The second-order valence-electron chi connectivity index (χ2n) is 4.71. The van der Waals surface area contributed by atoms with Gasteiger partial charge in [0.25, 0.3) is 0 Å². The maximum Gasteiger partial charge on any atom is 0.235 e.